The molecular weight excluding hydrogens is 278 g/mol. The van der Waals surface area contributed by atoms with Crippen molar-refractivity contribution in [2.24, 2.45) is 0 Å². The molecule has 20 heavy (non-hydrogen) atoms. The first-order chi connectivity index (χ1) is 9.58. The summed E-state index contributed by atoms with van der Waals surface area (Å²) in [4.78, 5) is 29.5. The van der Waals surface area contributed by atoms with E-state index in [1.54, 1.807) is 0 Å². The normalized spacial score (nSPS) is 14.3. The van der Waals surface area contributed by atoms with Crippen LogP contribution in [0.4, 0.5) is 10.9 Å². The zero-order chi connectivity index (χ0) is 14.5. The third-order valence-corrected chi connectivity index (χ3v) is 4.14. The van der Waals surface area contributed by atoms with Crippen LogP contribution >= 0.6 is 11.3 Å². The molecule has 2 heterocycles. The van der Waals surface area contributed by atoms with E-state index in [0.29, 0.717) is 18.0 Å². The Labute approximate surface area is 121 Å². The van der Waals surface area contributed by atoms with Crippen molar-refractivity contribution in [3.63, 3.8) is 0 Å². The molecule has 0 atom stereocenters. The summed E-state index contributed by atoms with van der Waals surface area (Å²) in [6, 6.07) is 0. The van der Waals surface area contributed by atoms with Gasteiger partial charge < -0.3 is 21.3 Å². The van der Waals surface area contributed by atoms with Crippen molar-refractivity contribution in [2.45, 2.75) is 19.8 Å². The maximum atomic E-state index is 12.0. The summed E-state index contributed by atoms with van der Waals surface area (Å²) in [7, 11) is 0. The Morgan fingerprint density at radius 1 is 1.30 bits per heavy atom. The fourth-order valence-electron chi connectivity index (χ4n) is 2.02. The Morgan fingerprint density at radius 2 is 1.95 bits per heavy atom. The van der Waals surface area contributed by atoms with Crippen molar-refractivity contribution in [3.8, 4) is 0 Å². The van der Waals surface area contributed by atoms with Crippen LogP contribution in [0.1, 0.15) is 29.4 Å². The Morgan fingerprint density at radius 3 is 2.60 bits per heavy atom. The van der Waals surface area contributed by atoms with Gasteiger partial charge in [-0.05, 0) is 12.8 Å². The molecule has 8 heteroatoms. The Balaban J connectivity index is 1.90. The van der Waals surface area contributed by atoms with E-state index in [2.05, 4.69) is 20.5 Å². The lowest BCUT2D eigenvalue weighted by Crippen LogP contribution is -2.33. The molecule has 1 aromatic heterocycles. The first-order valence-corrected chi connectivity index (χ1v) is 7.43. The van der Waals surface area contributed by atoms with Gasteiger partial charge in [-0.25, -0.2) is 4.98 Å². The van der Waals surface area contributed by atoms with Gasteiger partial charge in [0.1, 0.15) is 10.7 Å². The average molecular weight is 297 g/mol. The van der Waals surface area contributed by atoms with Crippen LogP contribution in [0.5, 0.6) is 0 Å². The topological polar surface area (TPSA) is 100 Å². The molecular formula is C12H19N5O2S. The molecule has 4 N–H and O–H groups in total. The third kappa shape index (κ3) is 3.60. The first kappa shape index (κ1) is 14.6. The fraction of sp³-hybridized carbons (Fsp3) is 0.583. The van der Waals surface area contributed by atoms with Gasteiger partial charge in [-0.1, -0.05) is 11.3 Å². The summed E-state index contributed by atoms with van der Waals surface area (Å²) < 4.78 is 0. The largest absolute Gasteiger partial charge is 0.382 e. The van der Waals surface area contributed by atoms with E-state index in [1.165, 1.54) is 18.3 Å². The van der Waals surface area contributed by atoms with Crippen molar-refractivity contribution in [3.05, 3.63) is 4.88 Å². The number of hydrogen-bond donors (Lipinski definition) is 3. The SMILES string of the molecule is CC(=O)NCCNC(=O)c1sc(N2CCCC2)nc1N. The number of nitrogen functional groups attached to an aromatic ring is 1. The first-order valence-electron chi connectivity index (χ1n) is 6.62. The number of carbonyl (C=O) groups excluding carboxylic acids is 2. The van der Waals surface area contributed by atoms with Crippen molar-refractivity contribution in [1.82, 2.24) is 15.6 Å². The van der Waals surface area contributed by atoms with Crippen LogP contribution in [-0.4, -0.2) is 43.0 Å². The molecule has 0 spiro atoms. The van der Waals surface area contributed by atoms with Gasteiger partial charge >= 0.3 is 0 Å². The number of thiazole rings is 1. The van der Waals surface area contributed by atoms with E-state index < -0.39 is 0 Å². The molecule has 0 aromatic carbocycles. The highest BCUT2D eigenvalue weighted by Crippen LogP contribution is 2.30. The van der Waals surface area contributed by atoms with Gasteiger partial charge in [-0.3, -0.25) is 9.59 Å². The van der Waals surface area contributed by atoms with Gasteiger partial charge in [0.2, 0.25) is 5.91 Å². The summed E-state index contributed by atoms with van der Waals surface area (Å²) in [5.41, 5.74) is 5.80. The van der Waals surface area contributed by atoms with Crippen molar-refractivity contribution in [1.29, 1.82) is 0 Å². The van der Waals surface area contributed by atoms with Crippen molar-refractivity contribution < 1.29 is 9.59 Å². The summed E-state index contributed by atoms with van der Waals surface area (Å²) in [5.74, 6) is -0.0856. The molecule has 0 bridgehead atoms. The maximum Gasteiger partial charge on any atom is 0.265 e. The van der Waals surface area contributed by atoms with Crippen LogP contribution in [0.15, 0.2) is 0 Å². The number of nitrogens with one attached hydrogen (secondary N) is 2. The average Bonchev–Trinajstić information content (AvgIpc) is 3.02. The number of nitrogens with zero attached hydrogens (tertiary/aromatic N) is 2. The van der Waals surface area contributed by atoms with Gasteiger partial charge in [-0.2, -0.15) is 0 Å². The number of carbonyl (C=O) groups is 2. The lowest BCUT2D eigenvalue weighted by Gasteiger charge is -2.11. The molecule has 0 aliphatic carbocycles. The summed E-state index contributed by atoms with van der Waals surface area (Å²) in [6.07, 6.45) is 2.30. The van der Waals surface area contributed by atoms with Gasteiger partial charge in [0.25, 0.3) is 5.91 Å². The highest BCUT2D eigenvalue weighted by Gasteiger charge is 2.21. The number of amides is 2. The predicted octanol–water partition coefficient (Wildman–Crippen LogP) is 0.191. The fourth-order valence-corrected chi connectivity index (χ4v) is 2.97. The van der Waals surface area contributed by atoms with Crippen LogP contribution in [0.3, 0.4) is 0 Å². The van der Waals surface area contributed by atoms with E-state index in [1.807, 2.05) is 0 Å². The minimum atomic E-state index is -0.240. The second-order valence-electron chi connectivity index (χ2n) is 4.64. The molecule has 0 saturated carbocycles. The van der Waals surface area contributed by atoms with Crippen LogP contribution in [0.2, 0.25) is 0 Å². The Bertz CT molecular complexity index is 496. The molecule has 7 nitrogen and oxygen atoms in total. The predicted molar refractivity (Wildman–Crippen MR) is 79.0 cm³/mol. The number of anilines is 2. The van der Waals surface area contributed by atoms with Crippen LogP contribution < -0.4 is 21.3 Å². The smallest absolute Gasteiger partial charge is 0.265 e. The van der Waals surface area contributed by atoms with E-state index >= 15 is 0 Å². The van der Waals surface area contributed by atoms with E-state index in [9.17, 15) is 9.59 Å². The van der Waals surface area contributed by atoms with E-state index in [-0.39, 0.29) is 17.6 Å². The summed E-state index contributed by atoms with van der Waals surface area (Å²) in [6.45, 7) is 4.14. The van der Waals surface area contributed by atoms with Gasteiger partial charge in [-0.15, -0.1) is 0 Å². The molecule has 1 fully saturated rings. The van der Waals surface area contributed by atoms with Crippen molar-refractivity contribution in [2.75, 3.05) is 36.8 Å². The molecule has 1 aliphatic heterocycles. The number of rotatable bonds is 5. The standard InChI is InChI=1S/C12H19N5O2S/c1-8(18)14-4-5-15-11(19)9-10(13)16-12(20-9)17-6-2-3-7-17/h2-7,13H2,1H3,(H,14,18)(H,15,19). The zero-order valence-electron chi connectivity index (χ0n) is 11.4. The van der Waals surface area contributed by atoms with Gasteiger partial charge in [0.15, 0.2) is 5.13 Å². The summed E-state index contributed by atoms with van der Waals surface area (Å²) >= 11 is 1.32. The lowest BCUT2D eigenvalue weighted by molar-refractivity contribution is -0.118. The second kappa shape index (κ2) is 6.56. The van der Waals surface area contributed by atoms with Crippen LogP contribution in [0.25, 0.3) is 0 Å². The molecule has 0 unspecified atom stereocenters. The quantitative estimate of drug-likeness (QED) is 0.674. The van der Waals surface area contributed by atoms with Crippen molar-refractivity contribution >= 4 is 34.1 Å². The molecule has 1 saturated heterocycles. The maximum absolute atomic E-state index is 12.0. The monoisotopic (exact) mass is 297 g/mol. The minimum absolute atomic E-state index is 0.118. The van der Waals surface area contributed by atoms with E-state index in [0.717, 1.165) is 31.1 Å². The molecule has 0 radical (unpaired) electrons. The lowest BCUT2D eigenvalue weighted by atomic mass is 10.4. The van der Waals surface area contributed by atoms with Crippen LogP contribution in [-0.2, 0) is 4.79 Å². The number of aromatic nitrogens is 1. The number of hydrogen-bond acceptors (Lipinski definition) is 6. The minimum Gasteiger partial charge on any atom is -0.382 e. The second-order valence-corrected chi connectivity index (χ2v) is 5.62. The molecule has 2 amide bonds. The highest BCUT2D eigenvalue weighted by atomic mass is 32.1. The molecule has 1 aliphatic rings. The zero-order valence-corrected chi connectivity index (χ0v) is 12.3. The Hall–Kier alpha value is -1.83. The highest BCUT2D eigenvalue weighted by molar-refractivity contribution is 7.18. The molecule has 1 aromatic rings. The number of nitrogens with two attached hydrogens (primary N) is 1. The molecule has 110 valence electrons. The molecule has 2 rings (SSSR count). The Kier molecular flexibility index (Phi) is 4.78. The van der Waals surface area contributed by atoms with Gasteiger partial charge in [0, 0.05) is 33.1 Å². The summed E-state index contributed by atoms with van der Waals surface area (Å²) in [5, 5.41) is 6.14. The van der Waals surface area contributed by atoms with Gasteiger partial charge in [0.05, 0.1) is 0 Å². The van der Waals surface area contributed by atoms with E-state index in [4.69, 9.17) is 5.73 Å². The third-order valence-electron chi connectivity index (χ3n) is 3.01. The van der Waals surface area contributed by atoms with Crippen LogP contribution in [0, 0.1) is 0 Å².